The number of carbonyl (C=O) groups is 1. The lowest BCUT2D eigenvalue weighted by molar-refractivity contribution is 0.0945. The van der Waals surface area contributed by atoms with Gasteiger partial charge in [0.05, 0.1) is 37.0 Å². The van der Waals surface area contributed by atoms with E-state index in [1.807, 2.05) is 48.5 Å². The van der Waals surface area contributed by atoms with E-state index in [-0.39, 0.29) is 11.6 Å². The van der Waals surface area contributed by atoms with Crippen LogP contribution in [0.25, 0.3) is 0 Å². The van der Waals surface area contributed by atoms with E-state index >= 15 is 0 Å². The minimum Gasteiger partial charge on any atom is -0.378 e. The van der Waals surface area contributed by atoms with Crippen LogP contribution in [0.5, 0.6) is 0 Å². The second-order valence-electron chi connectivity index (χ2n) is 6.70. The molecule has 1 aliphatic rings. The molecule has 2 N–H and O–H groups in total. The summed E-state index contributed by atoms with van der Waals surface area (Å²) in [5.74, 6) is 0.340. The average Bonchev–Trinajstić information content (AvgIpc) is 2.80. The number of aromatic nitrogens is 2. The van der Waals surface area contributed by atoms with Gasteiger partial charge in [-0.05, 0) is 17.7 Å². The summed E-state index contributed by atoms with van der Waals surface area (Å²) in [6, 6.07) is 17.8. The fourth-order valence-electron chi connectivity index (χ4n) is 3.18. The predicted octanol–water partition coefficient (Wildman–Crippen LogP) is 2.99. The zero-order chi connectivity index (χ0) is 19.9. The molecule has 0 saturated carbocycles. The summed E-state index contributed by atoms with van der Waals surface area (Å²) in [5, 5.41) is 6.16. The quantitative estimate of drug-likeness (QED) is 0.675. The molecule has 29 heavy (non-hydrogen) atoms. The van der Waals surface area contributed by atoms with Crippen molar-refractivity contribution in [2.24, 2.45) is 0 Å². The van der Waals surface area contributed by atoms with E-state index in [4.69, 9.17) is 4.74 Å². The number of benzene rings is 2. The zero-order valence-electron chi connectivity index (χ0n) is 16.0. The van der Waals surface area contributed by atoms with Gasteiger partial charge in [-0.1, -0.05) is 42.5 Å². The fourth-order valence-corrected chi connectivity index (χ4v) is 3.18. The molecular formula is C22H23N5O2. The molecule has 0 bridgehead atoms. The van der Waals surface area contributed by atoms with E-state index in [0.29, 0.717) is 12.4 Å². The van der Waals surface area contributed by atoms with E-state index in [1.165, 1.54) is 6.20 Å². The normalized spacial score (nSPS) is 13.7. The smallest absolute Gasteiger partial charge is 0.271 e. The number of hydrogen-bond acceptors (Lipinski definition) is 6. The number of carbonyl (C=O) groups excluding carboxylic acids is 1. The summed E-state index contributed by atoms with van der Waals surface area (Å²) < 4.78 is 5.44. The third-order valence-electron chi connectivity index (χ3n) is 4.70. The van der Waals surface area contributed by atoms with Crippen LogP contribution in [0.3, 0.4) is 0 Å². The van der Waals surface area contributed by atoms with Gasteiger partial charge in [-0.3, -0.25) is 4.79 Å². The third kappa shape index (κ3) is 4.89. The average molecular weight is 389 g/mol. The number of rotatable bonds is 6. The van der Waals surface area contributed by atoms with Gasteiger partial charge in [0.25, 0.3) is 5.91 Å². The summed E-state index contributed by atoms with van der Waals surface area (Å²) in [6.45, 7) is 3.60. The van der Waals surface area contributed by atoms with Crippen molar-refractivity contribution in [1.29, 1.82) is 0 Å². The van der Waals surface area contributed by atoms with Gasteiger partial charge in [-0.2, -0.15) is 0 Å². The van der Waals surface area contributed by atoms with Crippen LogP contribution in [0.1, 0.15) is 16.1 Å². The zero-order valence-corrected chi connectivity index (χ0v) is 16.0. The van der Waals surface area contributed by atoms with Crippen molar-refractivity contribution in [2.45, 2.75) is 6.54 Å². The maximum Gasteiger partial charge on any atom is 0.271 e. The Hall–Kier alpha value is -3.45. The molecule has 4 rings (SSSR count). The first-order valence-corrected chi connectivity index (χ1v) is 9.62. The highest BCUT2D eigenvalue weighted by Gasteiger charge is 2.15. The fraction of sp³-hybridized carbons (Fsp3) is 0.227. The summed E-state index contributed by atoms with van der Waals surface area (Å²) in [4.78, 5) is 23.2. The minimum absolute atomic E-state index is 0.249. The Kier molecular flexibility index (Phi) is 5.97. The monoisotopic (exact) mass is 389 g/mol. The van der Waals surface area contributed by atoms with E-state index in [1.54, 1.807) is 6.20 Å². The summed E-state index contributed by atoms with van der Waals surface area (Å²) in [6.07, 6.45) is 3.06. The second-order valence-corrected chi connectivity index (χ2v) is 6.70. The lowest BCUT2D eigenvalue weighted by Crippen LogP contribution is -2.36. The largest absolute Gasteiger partial charge is 0.378 e. The van der Waals surface area contributed by atoms with E-state index < -0.39 is 0 Å². The lowest BCUT2D eigenvalue weighted by atomic mass is 10.2. The highest BCUT2D eigenvalue weighted by Crippen LogP contribution is 2.28. The van der Waals surface area contributed by atoms with Crippen molar-refractivity contribution in [3.63, 3.8) is 0 Å². The third-order valence-corrected chi connectivity index (χ3v) is 4.70. The highest BCUT2D eigenvalue weighted by molar-refractivity contribution is 5.92. The van der Waals surface area contributed by atoms with Crippen LogP contribution < -0.4 is 15.5 Å². The van der Waals surface area contributed by atoms with Crippen LogP contribution in [0.2, 0.25) is 0 Å². The summed E-state index contributed by atoms with van der Waals surface area (Å²) >= 11 is 0. The number of nitrogens with one attached hydrogen (secondary N) is 2. The highest BCUT2D eigenvalue weighted by atomic mass is 16.5. The lowest BCUT2D eigenvalue weighted by Gasteiger charge is -2.30. The molecule has 1 fully saturated rings. The minimum atomic E-state index is -0.249. The molecule has 7 heteroatoms. The molecule has 0 unspecified atom stereocenters. The molecule has 1 aromatic heterocycles. The Morgan fingerprint density at radius 2 is 1.72 bits per heavy atom. The number of morpholine rings is 1. The molecule has 0 radical (unpaired) electrons. The Morgan fingerprint density at radius 3 is 2.48 bits per heavy atom. The molecular weight excluding hydrogens is 366 g/mol. The Morgan fingerprint density at radius 1 is 0.966 bits per heavy atom. The maximum atomic E-state index is 12.3. The first-order valence-electron chi connectivity index (χ1n) is 9.62. The van der Waals surface area contributed by atoms with Crippen molar-refractivity contribution < 1.29 is 9.53 Å². The number of amides is 1. The summed E-state index contributed by atoms with van der Waals surface area (Å²) in [7, 11) is 0. The molecule has 1 saturated heterocycles. The SMILES string of the molecule is O=C(NCc1ccccc1)c1cnc(Nc2ccccc2N2CCOCC2)cn1. The van der Waals surface area contributed by atoms with Crippen molar-refractivity contribution in [3.05, 3.63) is 78.2 Å². The molecule has 3 aromatic rings. The maximum absolute atomic E-state index is 12.3. The van der Waals surface area contributed by atoms with Gasteiger partial charge in [0, 0.05) is 19.6 Å². The molecule has 7 nitrogen and oxygen atoms in total. The van der Waals surface area contributed by atoms with E-state index in [9.17, 15) is 4.79 Å². The van der Waals surface area contributed by atoms with E-state index in [0.717, 1.165) is 43.2 Å². The molecule has 1 amide bonds. The van der Waals surface area contributed by atoms with Gasteiger partial charge in [0.15, 0.2) is 0 Å². The number of nitrogens with zero attached hydrogens (tertiary/aromatic N) is 3. The number of anilines is 3. The van der Waals surface area contributed by atoms with Crippen LogP contribution in [-0.2, 0) is 11.3 Å². The van der Waals surface area contributed by atoms with Gasteiger partial charge in [-0.15, -0.1) is 0 Å². The van der Waals surface area contributed by atoms with Gasteiger partial charge in [0.1, 0.15) is 11.5 Å². The van der Waals surface area contributed by atoms with Crippen LogP contribution in [0.4, 0.5) is 17.2 Å². The van der Waals surface area contributed by atoms with Gasteiger partial charge in [-0.25, -0.2) is 9.97 Å². The van der Waals surface area contributed by atoms with Crippen molar-refractivity contribution in [1.82, 2.24) is 15.3 Å². The Bertz CT molecular complexity index is 941. The predicted molar refractivity (Wildman–Crippen MR) is 112 cm³/mol. The van der Waals surface area contributed by atoms with Gasteiger partial charge in [0.2, 0.25) is 0 Å². The molecule has 0 atom stereocenters. The van der Waals surface area contributed by atoms with Crippen LogP contribution in [-0.4, -0.2) is 42.2 Å². The van der Waals surface area contributed by atoms with Crippen molar-refractivity contribution >= 4 is 23.1 Å². The van der Waals surface area contributed by atoms with E-state index in [2.05, 4.69) is 31.6 Å². The molecule has 1 aliphatic heterocycles. The van der Waals surface area contributed by atoms with Crippen LogP contribution in [0, 0.1) is 0 Å². The van der Waals surface area contributed by atoms with Gasteiger partial charge < -0.3 is 20.3 Å². The molecule has 148 valence electrons. The summed E-state index contributed by atoms with van der Waals surface area (Å²) in [5.41, 5.74) is 3.37. The van der Waals surface area contributed by atoms with Crippen molar-refractivity contribution in [2.75, 3.05) is 36.5 Å². The number of hydrogen-bond donors (Lipinski definition) is 2. The van der Waals surface area contributed by atoms with Crippen LogP contribution >= 0.6 is 0 Å². The number of para-hydroxylation sites is 2. The molecule has 0 aliphatic carbocycles. The standard InChI is InChI=1S/C22H23N5O2/c28-22(25-14-17-6-2-1-3-7-17)19-15-24-21(16-23-19)26-18-8-4-5-9-20(18)27-10-12-29-13-11-27/h1-9,15-16H,10-14H2,(H,24,26)(H,25,28). The Labute approximate surface area is 169 Å². The Balaban J connectivity index is 1.40. The topological polar surface area (TPSA) is 79.4 Å². The number of ether oxygens (including phenoxy) is 1. The molecule has 2 aromatic carbocycles. The first-order chi connectivity index (χ1) is 14.3. The first kappa shape index (κ1) is 18.9. The van der Waals surface area contributed by atoms with Crippen LogP contribution in [0.15, 0.2) is 67.0 Å². The van der Waals surface area contributed by atoms with Gasteiger partial charge >= 0.3 is 0 Å². The second kappa shape index (κ2) is 9.16. The molecule has 2 heterocycles. The molecule has 0 spiro atoms. The van der Waals surface area contributed by atoms with Crippen molar-refractivity contribution in [3.8, 4) is 0 Å².